The molecule has 0 radical (unpaired) electrons. The van der Waals surface area contributed by atoms with Gasteiger partial charge in [0, 0.05) is 33.2 Å². The topological polar surface area (TPSA) is 32.8 Å². The van der Waals surface area contributed by atoms with E-state index >= 15 is 0 Å². The van der Waals surface area contributed by atoms with Crippen molar-refractivity contribution in [3.05, 3.63) is 35.4 Å². The number of hydrogen-bond acceptors (Lipinski definition) is 3. The average Bonchev–Trinajstić information content (AvgIpc) is 2.59. The van der Waals surface area contributed by atoms with Gasteiger partial charge < -0.3 is 14.5 Å². The molecule has 2 fully saturated rings. The maximum absolute atomic E-state index is 12.8. The van der Waals surface area contributed by atoms with Gasteiger partial charge in [0.25, 0.3) is 5.91 Å². The largest absolute Gasteiger partial charge is 0.416 e. The summed E-state index contributed by atoms with van der Waals surface area (Å²) in [4.78, 5) is 15.9. The van der Waals surface area contributed by atoms with Gasteiger partial charge in [-0.15, -0.1) is 12.4 Å². The SMILES string of the molecule is C[C@H]1OC2(CCN(CCc3cccc(C(F)(F)F)c3)CC2)CN(C)C1=O.Cl. The summed E-state index contributed by atoms with van der Waals surface area (Å²) in [5, 5.41) is 0. The van der Waals surface area contributed by atoms with Crippen LogP contribution in [0.1, 0.15) is 30.9 Å². The first-order valence-corrected chi connectivity index (χ1v) is 9.00. The van der Waals surface area contributed by atoms with E-state index in [-0.39, 0.29) is 23.9 Å². The van der Waals surface area contributed by atoms with E-state index in [1.807, 2.05) is 7.05 Å². The summed E-state index contributed by atoms with van der Waals surface area (Å²) < 4.78 is 44.4. The molecular weight excluding hydrogens is 381 g/mol. The van der Waals surface area contributed by atoms with Crippen molar-refractivity contribution < 1.29 is 22.7 Å². The minimum Gasteiger partial charge on any atom is -0.360 e. The van der Waals surface area contributed by atoms with Gasteiger partial charge in [-0.25, -0.2) is 0 Å². The van der Waals surface area contributed by atoms with Crippen LogP contribution in [0.25, 0.3) is 0 Å². The molecule has 2 aliphatic rings. The van der Waals surface area contributed by atoms with Crippen LogP contribution in [-0.4, -0.2) is 60.6 Å². The molecule has 0 bridgehead atoms. The Hall–Kier alpha value is -1.31. The van der Waals surface area contributed by atoms with E-state index in [1.165, 1.54) is 12.1 Å². The first-order valence-electron chi connectivity index (χ1n) is 9.00. The Morgan fingerprint density at radius 3 is 2.52 bits per heavy atom. The Morgan fingerprint density at radius 1 is 1.26 bits per heavy atom. The van der Waals surface area contributed by atoms with Gasteiger partial charge in [0.15, 0.2) is 0 Å². The molecule has 0 aliphatic carbocycles. The van der Waals surface area contributed by atoms with Gasteiger partial charge in [-0.05, 0) is 37.8 Å². The molecule has 1 atom stereocenters. The fourth-order valence-electron chi connectivity index (χ4n) is 3.93. The summed E-state index contributed by atoms with van der Waals surface area (Å²) in [6, 6.07) is 5.55. The van der Waals surface area contributed by atoms with Crippen molar-refractivity contribution in [2.75, 3.05) is 33.2 Å². The van der Waals surface area contributed by atoms with Gasteiger partial charge >= 0.3 is 6.18 Å². The predicted molar refractivity (Wildman–Crippen MR) is 99.0 cm³/mol. The molecule has 2 saturated heterocycles. The third-order valence-corrected chi connectivity index (χ3v) is 5.41. The van der Waals surface area contributed by atoms with Crippen LogP contribution >= 0.6 is 12.4 Å². The standard InChI is InChI=1S/C19H25F3N2O2.ClH/c1-14-17(25)23(2)13-18(26-14)7-10-24(11-8-18)9-6-15-4-3-5-16(12-15)19(20,21)22;/h3-5,12,14H,6-11,13H2,1-2H3;1H/t14-;/m1./s1. The van der Waals surface area contributed by atoms with Crippen molar-refractivity contribution in [1.82, 2.24) is 9.80 Å². The van der Waals surface area contributed by atoms with E-state index in [9.17, 15) is 18.0 Å². The van der Waals surface area contributed by atoms with Gasteiger partial charge in [-0.2, -0.15) is 13.2 Å². The van der Waals surface area contributed by atoms with E-state index in [2.05, 4.69) is 4.90 Å². The molecule has 8 heteroatoms. The molecule has 3 rings (SSSR count). The van der Waals surface area contributed by atoms with Crippen LogP contribution < -0.4 is 0 Å². The summed E-state index contributed by atoms with van der Waals surface area (Å²) in [6.07, 6.45) is -2.46. The number of carbonyl (C=O) groups excluding carboxylic acids is 1. The number of likely N-dealkylation sites (N-methyl/N-ethyl adjacent to an activating group) is 1. The second-order valence-electron chi connectivity index (χ2n) is 7.43. The number of likely N-dealkylation sites (tertiary alicyclic amines) is 1. The molecule has 4 nitrogen and oxygen atoms in total. The summed E-state index contributed by atoms with van der Waals surface area (Å²) in [7, 11) is 1.81. The Kier molecular flexibility index (Phi) is 6.81. The van der Waals surface area contributed by atoms with E-state index < -0.39 is 17.8 Å². The lowest BCUT2D eigenvalue weighted by atomic mass is 9.88. The van der Waals surface area contributed by atoms with E-state index in [4.69, 9.17) is 4.74 Å². The first kappa shape index (κ1) is 22.0. The lowest BCUT2D eigenvalue weighted by Crippen LogP contribution is -2.60. The summed E-state index contributed by atoms with van der Waals surface area (Å²) in [5.41, 5.74) is -0.174. The maximum Gasteiger partial charge on any atom is 0.416 e. The molecule has 0 aromatic heterocycles. The number of piperidine rings is 1. The Bertz CT molecular complexity index is 645. The van der Waals surface area contributed by atoms with E-state index in [1.54, 1.807) is 17.9 Å². The zero-order chi connectivity index (χ0) is 18.9. The molecule has 2 aliphatic heterocycles. The Morgan fingerprint density at radius 2 is 1.93 bits per heavy atom. The first-order chi connectivity index (χ1) is 12.2. The highest BCUT2D eigenvalue weighted by atomic mass is 35.5. The number of carbonyl (C=O) groups is 1. The molecular formula is C19H26ClF3N2O2. The molecule has 1 aromatic carbocycles. The van der Waals surface area contributed by atoms with Crippen LogP contribution in [0.2, 0.25) is 0 Å². The monoisotopic (exact) mass is 406 g/mol. The molecule has 1 amide bonds. The number of nitrogens with zero attached hydrogens (tertiary/aromatic N) is 2. The third kappa shape index (κ3) is 5.15. The number of halogens is 4. The minimum atomic E-state index is -4.30. The van der Waals surface area contributed by atoms with Gasteiger partial charge in [-0.1, -0.05) is 18.2 Å². The number of ether oxygens (including phenoxy) is 1. The molecule has 1 aromatic rings. The number of alkyl halides is 3. The minimum absolute atomic E-state index is 0. The highest BCUT2D eigenvalue weighted by Crippen LogP contribution is 2.33. The van der Waals surface area contributed by atoms with Crippen LogP contribution in [0.5, 0.6) is 0 Å². The number of morpholine rings is 1. The van der Waals surface area contributed by atoms with Gasteiger partial charge in [-0.3, -0.25) is 4.79 Å². The fourth-order valence-corrected chi connectivity index (χ4v) is 3.93. The number of benzene rings is 1. The maximum atomic E-state index is 12.8. The lowest BCUT2D eigenvalue weighted by molar-refractivity contribution is -0.186. The highest BCUT2D eigenvalue weighted by Gasteiger charge is 2.44. The normalized spacial score (nSPS) is 23.4. The number of rotatable bonds is 3. The smallest absolute Gasteiger partial charge is 0.360 e. The number of amides is 1. The van der Waals surface area contributed by atoms with E-state index in [0.717, 1.165) is 38.5 Å². The second-order valence-corrected chi connectivity index (χ2v) is 7.43. The van der Waals surface area contributed by atoms with Crippen molar-refractivity contribution in [3.63, 3.8) is 0 Å². The molecule has 0 unspecified atom stereocenters. The van der Waals surface area contributed by atoms with Crippen LogP contribution in [0.4, 0.5) is 13.2 Å². The number of hydrogen-bond donors (Lipinski definition) is 0. The molecule has 0 saturated carbocycles. The van der Waals surface area contributed by atoms with Crippen molar-refractivity contribution >= 4 is 18.3 Å². The summed E-state index contributed by atoms with van der Waals surface area (Å²) in [5.74, 6) is 0.0163. The summed E-state index contributed by atoms with van der Waals surface area (Å²) >= 11 is 0. The van der Waals surface area contributed by atoms with Crippen LogP contribution in [-0.2, 0) is 22.1 Å². The molecule has 152 valence electrons. The van der Waals surface area contributed by atoms with Crippen molar-refractivity contribution in [3.8, 4) is 0 Å². The van der Waals surface area contributed by atoms with Crippen molar-refractivity contribution in [2.24, 2.45) is 0 Å². The Balaban J connectivity index is 0.00000261. The van der Waals surface area contributed by atoms with Crippen LogP contribution in [0.3, 0.4) is 0 Å². The summed E-state index contributed by atoms with van der Waals surface area (Å²) in [6.45, 7) is 4.78. The fraction of sp³-hybridized carbons (Fsp3) is 0.632. The highest BCUT2D eigenvalue weighted by molar-refractivity contribution is 5.85. The van der Waals surface area contributed by atoms with Crippen LogP contribution in [0, 0.1) is 0 Å². The van der Waals surface area contributed by atoms with Gasteiger partial charge in [0.1, 0.15) is 6.10 Å². The molecule has 2 heterocycles. The second kappa shape index (κ2) is 8.37. The van der Waals surface area contributed by atoms with Crippen LogP contribution in [0.15, 0.2) is 24.3 Å². The van der Waals surface area contributed by atoms with Crippen molar-refractivity contribution in [1.29, 1.82) is 0 Å². The predicted octanol–water partition coefficient (Wildman–Crippen LogP) is 3.38. The zero-order valence-corrected chi connectivity index (χ0v) is 16.4. The van der Waals surface area contributed by atoms with Crippen molar-refractivity contribution in [2.45, 2.75) is 44.1 Å². The molecule has 1 spiro atoms. The Labute approximate surface area is 164 Å². The lowest BCUT2D eigenvalue weighted by Gasteiger charge is -2.48. The zero-order valence-electron chi connectivity index (χ0n) is 15.6. The molecule has 0 N–H and O–H groups in total. The molecule has 27 heavy (non-hydrogen) atoms. The average molecular weight is 407 g/mol. The van der Waals surface area contributed by atoms with Gasteiger partial charge in [0.2, 0.25) is 0 Å². The third-order valence-electron chi connectivity index (χ3n) is 5.41. The quantitative estimate of drug-likeness (QED) is 0.771. The van der Waals surface area contributed by atoms with E-state index in [0.29, 0.717) is 18.5 Å². The van der Waals surface area contributed by atoms with Gasteiger partial charge in [0.05, 0.1) is 11.2 Å².